The van der Waals surface area contributed by atoms with Crippen molar-refractivity contribution in [2.45, 2.75) is 52.1 Å². The van der Waals surface area contributed by atoms with E-state index in [1.807, 2.05) is 0 Å². The summed E-state index contributed by atoms with van der Waals surface area (Å²) in [5, 5.41) is 0. The lowest BCUT2D eigenvalue weighted by Crippen LogP contribution is -2.49. The minimum atomic E-state index is 0.0384. The van der Waals surface area contributed by atoms with Crippen LogP contribution in [0.15, 0.2) is 18.2 Å². The number of nitrogens with two attached hydrogens (primary N) is 1. The molecule has 0 spiro atoms. The van der Waals surface area contributed by atoms with Crippen molar-refractivity contribution in [3.63, 3.8) is 0 Å². The van der Waals surface area contributed by atoms with Crippen LogP contribution in [0.5, 0.6) is 0 Å². The van der Waals surface area contributed by atoms with Crippen molar-refractivity contribution in [3.8, 4) is 0 Å². The topological polar surface area (TPSA) is 29.3 Å². The van der Waals surface area contributed by atoms with Gasteiger partial charge in [0.15, 0.2) is 0 Å². The first-order valence-corrected chi connectivity index (χ1v) is 7.00. The lowest BCUT2D eigenvalue weighted by Gasteiger charge is -2.40. The van der Waals surface area contributed by atoms with Gasteiger partial charge in [0.2, 0.25) is 0 Å². The number of nitrogens with zero attached hydrogens (tertiary/aromatic N) is 1. The SMILES string of the molecule is Cc1cc(C)cc(C(N)C(C)(C)N2CCCC2)c1. The summed E-state index contributed by atoms with van der Waals surface area (Å²) < 4.78 is 0. The number of likely N-dealkylation sites (tertiary alicyclic amines) is 1. The maximum Gasteiger partial charge on any atom is 0.0476 e. The maximum absolute atomic E-state index is 6.55. The molecule has 2 N–H and O–H groups in total. The van der Waals surface area contributed by atoms with Crippen molar-refractivity contribution < 1.29 is 0 Å². The number of hydrogen-bond donors (Lipinski definition) is 1. The fourth-order valence-electron chi connectivity index (χ4n) is 3.09. The highest BCUT2D eigenvalue weighted by Crippen LogP contribution is 2.32. The van der Waals surface area contributed by atoms with Crippen molar-refractivity contribution >= 4 is 0 Å². The average Bonchev–Trinajstić information content (AvgIpc) is 2.80. The minimum absolute atomic E-state index is 0.0384. The van der Waals surface area contributed by atoms with Gasteiger partial charge in [-0.15, -0.1) is 0 Å². The fraction of sp³-hybridized carbons (Fsp3) is 0.625. The monoisotopic (exact) mass is 246 g/mol. The summed E-state index contributed by atoms with van der Waals surface area (Å²) in [6.45, 7) is 11.2. The summed E-state index contributed by atoms with van der Waals surface area (Å²) in [5.74, 6) is 0. The van der Waals surface area contributed by atoms with E-state index < -0.39 is 0 Å². The second-order valence-electron chi connectivity index (χ2n) is 6.25. The molecule has 100 valence electrons. The Morgan fingerprint density at radius 1 is 1.06 bits per heavy atom. The molecule has 1 saturated heterocycles. The molecule has 1 fully saturated rings. The van der Waals surface area contributed by atoms with Gasteiger partial charge in [-0.2, -0.15) is 0 Å². The van der Waals surface area contributed by atoms with E-state index in [1.54, 1.807) is 0 Å². The molecule has 1 aromatic rings. The van der Waals surface area contributed by atoms with Gasteiger partial charge >= 0.3 is 0 Å². The van der Waals surface area contributed by atoms with E-state index in [9.17, 15) is 0 Å². The summed E-state index contributed by atoms with van der Waals surface area (Å²) in [6.07, 6.45) is 2.62. The van der Waals surface area contributed by atoms with Crippen LogP contribution in [-0.2, 0) is 0 Å². The summed E-state index contributed by atoms with van der Waals surface area (Å²) in [6, 6.07) is 6.75. The van der Waals surface area contributed by atoms with Crippen LogP contribution in [0.4, 0.5) is 0 Å². The van der Waals surface area contributed by atoms with Crippen LogP contribution in [0.3, 0.4) is 0 Å². The lowest BCUT2D eigenvalue weighted by molar-refractivity contribution is 0.124. The van der Waals surface area contributed by atoms with E-state index in [-0.39, 0.29) is 11.6 Å². The Balaban J connectivity index is 2.25. The van der Waals surface area contributed by atoms with Gasteiger partial charge in [0.1, 0.15) is 0 Å². The van der Waals surface area contributed by atoms with Crippen molar-refractivity contribution in [3.05, 3.63) is 34.9 Å². The first-order chi connectivity index (χ1) is 8.41. The highest BCUT2D eigenvalue weighted by molar-refractivity contribution is 5.32. The van der Waals surface area contributed by atoms with E-state index in [0.29, 0.717) is 0 Å². The van der Waals surface area contributed by atoms with Crippen molar-refractivity contribution in [1.29, 1.82) is 0 Å². The standard InChI is InChI=1S/C16H26N2/c1-12-9-13(2)11-14(10-12)15(17)16(3,4)18-7-5-6-8-18/h9-11,15H,5-8,17H2,1-4H3. The van der Waals surface area contributed by atoms with Gasteiger partial charge in [-0.05, 0) is 59.2 Å². The van der Waals surface area contributed by atoms with Crippen LogP contribution in [0.1, 0.15) is 49.4 Å². The molecule has 1 atom stereocenters. The van der Waals surface area contributed by atoms with Crippen LogP contribution >= 0.6 is 0 Å². The zero-order valence-corrected chi connectivity index (χ0v) is 12.2. The minimum Gasteiger partial charge on any atom is -0.322 e. The highest BCUT2D eigenvalue weighted by atomic mass is 15.2. The average molecular weight is 246 g/mol. The van der Waals surface area contributed by atoms with Crippen molar-refractivity contribution in [2.75, 3.05) is 13.1 Å². The molecule has 1 heterocycles. The molecule has 0 saturated carbocycles. The predicted molar refractivity (Wildman–Crippen MR) is 77.7 cm³/mol. The zero-order chi connectivity index (χ0) is 13.3. The van der Waals surface area contributed by atoms with Crippen LogP contribution in [-0.4, -0.2) is 23.5 Å². The smallest absolute Gasteiger partial charge is 0.0476 e. The molecule has 2 nitrogen and oxygen atoms in total. The first kappa shape index (κ1) is 13.6. The molecule has 0 aromatic heterocycles. The third-order valence-corrected chi connectivity index (χ3v) is 4.29. The molecule has 18 heavy (non-hydrogen) atoms. The quantitative estimate of drug-likeness (QED) is 0.887. The third-order valence-electron chi connectivity index (χ3n) is 4.29. The normalized spacial score (nSPS) is 19.2. The van der Waals surface area contributed by atoms with Gasteiger partial charge in [0.25, 0.3) is 0 Å². The predicted octanol–water partition coefficient (Wildman–Crippen LogP) is 3.18. The Morgan fingerprint density at radius 3 is 2.06 bits per heavy atom. The van der Waals surface area contributed by atoms with E-state index in [4.69, 9.17) is 5.73 Å². The molecule has 0 aliphatic carbocycles. The van der Waals surface area contributed by atoms with Gasteiger partial charge in [0.05, 0.1) is 0 Å². The number of aryl methyl sites for hydroxylation is 2. The number of hydrogen-bond acceptors (Lipinski definition) is 2. The Kier molecular flexibility index (Phi) is 3.79. The highest BCUT2D eigenvalue weighted by Gasteiger charge is 2.35. The Bertz CT molecular complexity index is 397. The molecule has 1 unspecified atom stereocenters. The molecule has 0 amide bonds. The molecule has 1 aliphatic heterocycles. The fourth-order valence-corrected chi connectivity index (χ4v) is 3.09. The molecular weight excluding hydrogens is 220 g/mol. The van der Waals surface area contributed by atoms with Gasteiger partial charge in [-0.25, -0.2) is 0 Å². The summed E-state index contributed by atoms with van der Waals surface area (Å²) in [5.41, 5.74) is 10.5. The molecule has 1 aromatic carbocycles. The largest absolute Gasteiger partial charge is 0.322 e. The Labute approximate surface area is 111 Å². The van der Waals surface area contributed by atoms with Crippen molar-refractivity contribution in [2.24, 2.45) is 5.73 Å². The molecule has 0 radical (unpaired) electrons. The van der Waals surface area contributed by atoms with E-state index in [1.165, 1.54) is 42.6 Å². The maximum atomic E-state index is 6.55. The summed E-state index contributed by atoms with van der Waals surface area (Å²) in [7, 11) is 0. The van der Waals surface area contributed by atoms with Crippen LogP contribution < -0.4 is 5.73 Å². The molecular formula is C16H26N2. The molecule has 1 aliphatic rings. The Hall–Kier alpha value is -0.860. The van der Waals surface area contributed by atoms with E-state index in [0.717, 1.165) is 0 Å². The van der Waals surface area contributed by atoms with E-state index >= 15 is 0 Å². The van der Waals surface area contributed by atoms with Crippen LogP contribution in [0.2, 0.25) is 0 Å². The first-order valence-electron chi connectivity index (χ1n) is 7.00. The molecule has 2 heteroatoms. The molecule has 2 rings (SSSR count). The van der Waals surface area contributed by atoms with Crippen LogP contribution in [0, 0.1) is 13.8 Å². The van der Waals surface area contributed by atoms with Gasteiger partial charge in [-0.3, -0.25) is 4.90 Å². The summed E-state index contributed by atoms with van der Waals surface area (Å²) >= 11 is 0. The summed E-state index contributed by atoms with van der Waals surface area (Å²) in [4.78, 5) is 2.54. The lowest BCUT2D eigenvalue weighted by atomic mass is 9.86. The number of benzene rings is 1. The second kappa shape index (κ2) is 5.02. The zero-order valence-electron chi connectivity index (χ0n) is 12.2. The Morgan fingerprint density at radius 2 is 1.56 bits per heavy atom. The van der Waals surface area contributed by atoms with Gasteiger partial charge in [0, 0.05) is 11.6 Å². The van der Waals surface area contributed by atoms with Crippen molar-refractivity contribution in [1.82, 2.24) is 4.90 Å². The van der Waals surface area contributed by atoms with Gasteiger partial charge < -0.3 is 5.73 Å². The van der Waals surface area contributed by atoms with Gasteiger partial charge in [-0.1, -0.05) is 29.3 Å². The number of rotatable bonds is 3. The van der Waals surface area contributed by atoms with E-state index in [2.05, 4.69) is 50.8 Å². The second-order valence-corrected chi connectivity index (χ2v) is 6.25. The van der Waals surface area contributed by atoms with Crippen LogP contribution in [0.25, 0.3) is 0 Å². The molecule has 0 bridgehead atoms. The third kappa shape index (κ3) is 2.60.